The highest BCUT2D eigenvalue weighted by Gasteiger charge is 2.48. The van der Waals surface area contributed by atoms with E-state index in [1.165, 1.54) is 16.2 Å². The van der Waals surface area contributed by atoms with Crippen molar-refractivity contribution in [3.05, 3.63) is 101 Å². The highest BCUT2D eigenvalue weighted by molar-refractivity contribution is 7.14. The van der Waals surface area contributed by atoms with Gasteiger partial charge in [-0.2, -0.15) is 0 Å². The lowest BCUT2D eigenvalue weighted by atomic mass is 9.94. The molecule has 1 unspecified atom stereocenters. The summed E-state index contributed by atoms with van der Waals surface area (Å²) in [7, 11) is 1.60. The summed E-state index contributed by atoms with van der Waals surface area (Å²) in [5.74, 6) is -0.413. The molecular formula is C29H24N2O5S. The summed E-state index contributed by atoms with van der Waals surface area (Å²) in [6.45, 7) is 5.82. The van der Waals surface area contributed by atoms with Gasteiger partial charge in [-0.05, 0) is 53.6 Å². The van der Waals surface area contributed by atoms with Crippen molar-refractivity contribution < 1.29 is 24.2 Å². The summed E-state index contributed by atoms with van der Waals surface area (Å²) in [6.07, 6.45) is 1.65. The van der Waals surface area contributed by atoms with Gasteiger partial charge in [0, 0.05) is 10.9 Å². The second kappa shape index (κ2) is 9.91. The Morgan fingerprint density at radius 1 is 1.08 bits per heavy atom. The van der Waals surface area contributed by atoms with Gasteiger partial charge in [-0.15, -0.1) is 11.3 Å². The Balaban J connectivity index is 1.65. The maximum atomic E-state index is 13.4. The molecule has 0 aliphatic carbocycles. The SMILES string of the molecule is C=CCOc1ccc(C2/C(=C(\O)c3ccc4cc(OC)ccc4c3)C(=O)C(=O)N2c2nc(C)cs2)cc1. The van der Waals surface area contributed by atoms with Gasteiger partial charge in [0.05, 0.1) is 24.4 Å². The number of aliphatic hydroxyl groups excluding tert-OH is 1. The van der Waals surface area contributed by atoms with E-state index in [1.54, 1.807) is 49.6 Å². The number of aliphatic hydroxyl groups is 1. The van der Waals surface area contributed by atoms with Crippen molar-refractivity contribution in [1.82, 2.24) is 4.98 Å². The fourth-order valence-corrected chi connectivity index (χ4v) is 5.18. The molecule has 1 amide bonds. The van der Waals surface area contributed by atoms with E-state index < -0.39 is 17.7 Å². The molecule has 0 radical (unpaired) electrons. The third-order valence-electron chi connectivity index (χ3n) is 6.14. The standard InChI is InChI=1S/C29H24N2O5S/c1-4-13-36-22-10-7-18(8-11-22)25-24(27(33)28(34)31(25)29-30-17(2)16-37-29)26(32)21-6-5-20-15-23(35-3)12-9-19(20)14-21/h4-12,14-16,25,32H,1,13H2,2-3H3/b26-24+. The molecule has 7 nitrogen and oxygen atoms in total. The van der Waals surface area contributed by atoms with Gasteiger partial charge in [0.15, 0.2) is 5.13 Å². The Bertz CT molecular complexity index is 1550. The number of aromatic nitrogens is 1. The highest BCUT2D eigenvalue weighted by Crippen LogP contribution is 2.43. The number of nitrogens with zero attached hydrogens (tertiary/aromatic N) is 2. The molecular weight excluding hydrogens is 488 g/mol. The Morgan fingerprint density at radius 2 is 1.78 bits per heavy atom. The van der Waals surface area contributed by atoms with Gasteiger partial charge in [-0.25, -0.2) is 4.98 Å². The van der Waals surface area contributed by atoms with Crippen LogP contribution in [0.15, 0.2) is 84.3 Å². The Kier molecular flexibility index (Phi) is 6.50. The molecule has 1 aromatic heterocycles. The van der Waals surface area contributed by atoms with Crippen LogP contribution in [0.25, 0.3) is 16.5 Å². The van der Waals surface area contributed by atoms with Gasteiger partial charge in [0.1, 0.15) is 23.9 Å². The van der Waals surface area contributed by atoms with Crippen LogP contribution in [-0.4, -0.2) is 35.5 Å². The number of methoxy groups -OCH3 is 1. The Labute approximate surface area is 217 Å². The average molecular weight is 513 g/mol. The predicted molar refractivity (Wildman–Crippen MR) is 144 cm³/mol. The van der Waals surface area contributed by atoms with Gasteiger partial charge >= 0.3 is 5.91 Å². The largest absolute Gasteiger partial charge is 0.507 e. The topological polar surface area (TPSA) is 89.0 Å². The van der Waals surface area contributed by atoms with Crippen molar-refractivity contribution in [2.24, 2.45) is 0 Å². The van der Waals surface area contributed by atoms with Gasteiger partial charge in [0.2, 0.25) is 0 Å². The number of amides is 1. The van der Waals surface area contributed by atoms with Crippen LogP contribution >= 0.6 is 11.3 Å². The minimum Gasteiger partial charge on any atom is -0.507 e. The first-order valence-electron chi connectivity index (χ1n) is 11.6. The van der Waals surface area contributed by atoms with E-state index in [9.17, 15) is 14.7 Å². The molecule has 3 aromatic carbocycles. The van der Waals surface area contributed by atoms with Crippen LogP contribution in [0.1, 0.15) is 22.9 Å². The molecule has 8 heteroatoms. The van der Waals surface area contributed by atoms with Crippen molar-refractivity contribution in [2.45, 2.75) is 13.0 Å². The quantitative estimate of drug-likeness (QED) is 0.146. The predicted octanol–water partition coefficient (Wildman–Crippen LogP) is 5.80. The lowest BCUT2D eigenvalue weighted by molar-refractivity contribution is -0.132. The lowest BCUT2D eigenvalue weighted by Crippen LogP contribution is -2.29. The van der Waals surface area contributed by atoms with Crippen molar-refractivity contribution in [3.8, 4) is 11.5 Å². The Hall–Kier alpha value is -4.43. The van der Waals surface area contributed by atoms with Crippen molar-refractivity contribution in [2.75, 3.05) is 18.6 Å². The zero-order valence-corrected chi connectivity index (χ0v) is 21.1. The van der Waals surface area contributed by atoms with Crippen LogP contribution in [0.2, 0.25) is 0 Å². The molecule has 5 rings (SSSR count). The van der Waals surface area contributed by atoms with Gasteiger partial charge in [-0.3, -0.25) is 14.5 Å². The van der Waals surface area contributed by atoms with Gasteiger partial charge < -0.3 is 14.6 Å². The molecule has 2 heterocycles. The van der Waals surface area contributed by atoms with E-state index in [2.05, 4.69) is 11.6 Å². The molecule has 0 spiro atoms. The lowest BCUT2D eigenvalue weighted by Gasteiger charge is -2.23. The highest BCUT2D eigenvalue weighted by atomic mass is 32.1. The number of carbonyl (C=O) groups excluding carboxylic acids is 2. The van der Waals surface area contributed by atoms with Crippen LogP contribution < -0.4 is 14.4 Å². The van der Waals surface area contributed by atoms with Crippen LogP contribution in [-0.2, 0) is 9.59 Å². The molecule has 1 saturated heterocycles. The first-order chi connectivity index (χ1) is 17.9. The third-order valence-corrected chi connectivity index (χ3v) is 7.10. The molecule has 37 heavy (non-hydrogen) atoms. The Morgan fingerprint density at radius 3 is 2.46 bits per heavy atom. The molecule has 1 aliphatic rings. The van der Waals surface area contributed by atoms with Crippen LogP contribution in [0, 0.1) is 6.92 Å². The number of thiazole rings is 1. The first kappa shape index (κ1) is 24.3. The molecule has 1 N–H and O–H groups in total. The maximum absolute atomic E-state index is 13.4. The van der Waals surface area contributed by atoms with E-state index in [-0.39, 0.29) is 11.3 Å². The average Bonchev–Trinajstić information content (AvgIpc) is 3.46. The zero-order chi connectivity index (χ0) is 26.1. The number of benzene rings is 3. The van der Waals surface area contributed by atoms with Crippen molar-refractivity contribution >= 4 is 44.7 Å². The summed E-state index contributed by atoms with van der Waals surface area (Å²) < 4.78 is 10.9. The minimum atomic E-state index is -0.856. The number of aryl methyl sites for hydroxylation is 1. The van der Waals surface area contributed by atoms with E-state index in [1.807, 2.05) is 36.6 Å². The van der Waals surface area contributed by atoms with Crippen molar-refractivity contribution in [3.63, 3.8) is 0 Å². The molecule has 4 aromatic rings. The number of hydrogen-bond acceptors (Lipinski definition) is 7. The van der Waals surface area contributed by atoms with Crippen molar-refractivity contribution in [1.29, 1.82) is 0 Å². The minimum absolute atomic E-state index is 0.00507. The normalized spacial score (nSPS) is 16.8. The number of rotatable bonds is 7. The second-order valence-electron chi connectivity index (χ2n) is 8.54. The maximum Gasteiger partial charge on any atom is 0.301 e. The number of Topliss-reactive ketones (excluding diaryl/α,β-unsaturated/α-hetero) is 1. The summed E-state index contributed by atoms with van der Waals surface area (Å²) in [4.78, 5) is 32.5. The first-order valence-corrected chi connectivity index (χ1v) is 12.4. The summed E-state index contributed by atoms with van der Waals surface area (Å²) in [6, 6.07) is 17.2. The molecule has 0 bridgehead atoms. The summed E-state index contributed by atoms with van der Waals surface area (Å²) in [5.41, 5.74) is 1.82. The number of anilines is 1. The number of ketones is 1. The molecule has 1 aliphatic heterocycles. The van der Waals surface area contributed by atoms with E-state index in [0.29, 0.717) is 34.4 Å². The zero-order valence-electron chi connectivity index (χ0n) is 20.3. The monoisotopic (exact) mass is 512 g/mol. The molecule has 1 fully saturated rings. The molecule has 186 valence electrons. The van der Waals surface area contributed by atoms with Gasteiger partial charge in [-0.1, -0.05) is 43.0 Å². The van der Waals surface area contributed by atoms with Crippen LogP contribution in [0.4, 0.5) is 5.13 Å². The van der Waals surface area contributed by atoms with Gasteiger partial charge in [0.25, 0.3) is 5.78 Å². The second-order valence-corrected chi connectivity index (χ2v) is 9.37. The molecule has 0 saturated carbocycles. The summed E-state index contributed by atoms with van der Waals surface area (Å²) >= 11 is 1.27. The number of carbonyl (C=O) groups is 2. The summed E-state index contributed by atoms with van der Waals surface area (Å²) in [5, 5.41) is 15.4. The molecule has 1 atom stereocenters. The number of hydrogen-bond donors (Lipinski definition) is 1. The smallest absolute Gasteiger partial charge is 0.301 e. The fourth-order valence-electron chi connectivity index (χ4n) is 4.35. The van der Waals surface area contributed by atoms with E-state index >= 15 is 0 Å². The van der Waals surface area contributed by atoms with E-state index in [4.69, 9.17) is 9.47 Å². The number of ether oxygens (including phenoxy) is 2. The van der Waals surface area contributed by atoms with Crippen LogP contribution in [0.3, 0.4) is 0 Å². The third kappa shape index (κ3) is 4.47. The fraction of sp³-hybridized carbons (Fsp3) is 0.138. The van der Waals surface area contributed by atoms with Crippen LogP contribution in [0.5, 0.6) is 11.5 Å². The van der Waals surface area contributed by atoms with E-state index in [0.717, 1.165) is 16.5 Å². The number of fused-ring (bicyclic) bond motifs is 1.